The number of aryl methyl sites for hydroxylation is 1. The summed E-state index contributed by atoms with van der Waals surface area (Å²) in [7, 11) is 1.90. The van der Waals surface area contributed by atoms with Crippen LogP contribution in [0.15, 0.2) is 30.5 Å². The van der Waals surface area contributed by atoms with Crippen LogP contribution in [0.25, 0.3) is 10.9 Å². The maximum atomic E-state index is 12.4. The van der Waals surface area contributed by atoms with Gasteiger partial charge in [0, 0.05) is 30.7 Å². The minimum Gasteiger partial charge on any atom is -0.354 e. The van der Waals surface area contributed by atoms with Crippen LogP contribution in [0.4, 0.5) is 0 Å². The molecule has 2 aromatic rings. The number of rotatable bonds is 5. The van der Waals surface area contributed by atoms with Gasteiger partial charge in [-0.2, -0.15) is 0 Å². The molecule has 0 saturated heterocycles. The number of aromatic nitrogens is 1. The molecule has 21 heavy (non-hydrogen) atoms. The van der Waals surface area contributed by atoms with Gasteiger partial charge in [-0.1, -0.05) is 25.1 Å². The van der Waals surface area contributed by atoms with Gasteiger partial charge in [0.2, 0.25) is 5.91 Å². The number of nitrogens with one attached hydrogen (secondary N) is 2. The molecule has 5 heteroatoms. The number of carbonyl (C=O) groups is 2. The van der Waals surface area contributed by atoms with Gasteiger partial charge in [0.25, 0.3) is 5.91 Å². The SMILES string of the molecule is CCCNC(=O)[C@H](C)NC(=O)c1cn(C)c2ccccc12. The molecule has 112 valence electrons. The highest BCUT2D eigenvalue weighted by Gasteiger charge is 2.19. The van der Waals surface area contributed by atoms with E-state index in [1.165, 1.54) is 0 Å². The normalized spacial score (nSPS) is 12.1. The van der Waals surface area contributed by atoms with Crippen molar-refractivity contribution in [3.63, 3.8) is 0 Å². The van der Waals surface area contributed by atoms with Gasteiger partial charge in [-0.25, -0.2) is 0 Å². The van der Waals surface area contributed by atoms with E-state index in [1.807, 2.05) is 42.8 Å². The summed E-state index contributed by atoms with van der Waals surface area (Å²) >= 11 is 0. The monoisotopic (exact) mass is 287 g/mol. The third-order valence-electron chi connectivity index (χ3n) is 3.43. The highest BCUT2D eigenvalue weighted by atomic mass is 16.2. The highest BCUT2D eigenvalue weighted by molar-refractivity contribution is 6.08. The van der Waals surface area contributed by atoms with Crippen molar-refractivity contribution >= 4 is 22.7 Å². The Kier molecular flexibility index (Phi) is 4.62. The maximum Gasteiger partial charge on any atom is 0.254 e. The average molecular weight is 287 g/mol. The molecule has 0 aliphatic rings. The molecule has 1 aromatic carbocycles. The van der Waals surface area contributed by atoms with Gasteiger partial charge in [-0.05, 0) is 19.4 Å². The largest absolute Gasteiger partial charge is 0.354 e. The number of carbonyl (C=O) groups excluding carboxylic acids is 2. The number of para-hydroxylation sites is 1. The third-order valence-corrected chi connectivity index (χ3v) is 3.43. The number of hydrogen-bond donors (Lipinski definition) is 2. The van der Waals surface area contributed by atoms with Crippen LogP contribution in [0.3, 0.4) is 0 Å². The molecule has 2 amide bonds. The molecule has 5 nitrogen and oxygen atoms in total. The van der Waals surface area contributed by atoms with Crippen molar-refractivity contribution in [3.8, 4) is 0 Å². The Morgan fingerprint density at radius 1 is 1.29 bits per heavy atom. The van der Waals surface area contributed by atoms with E-state index in [0.717, 1.165) is 17.3 Å². The van der Waals surface area contributed by atoms with Gasteiger partial charge in [-0.3, -0.25) is 9.59 Å². The maximum absolute atomic E-state index is 12.4. The molecular formula is C16H21N3O2. The van der Waals surface area contributed by atoms with Crippen molar-refractivity contribution < 1.29 is 9.59 Å². The molecule has 1 heterocycles. The van der Waals surface area contributed by atoms with Crippen LogP contribution >= 0.6 is 0 Å². The number of amides is 2. The fourth-order valence-corrected chi connectivity index (χ4v) is 2.26. The summed E-state index contributed by atoms with van der Waals surface area (Å²) in [6, 6.07) is 7.15. The number of benzene rings is 1. The Morgan fingerprint density at radius 2 is 2.00 bits per heavy atom. The summed E-state index contributed by atoms with van der Waals surface area (Å²) in [5, 5.41) is 6.41. The van der Waals surface area contributed by atoms with E-state index < -0.39 is 6.04 Å². The number of fused-ring (bicyclic) bond motifs is 1. The smallest absolute Gasteiger partial charge is 0.254 e. The Labute approximate surface area is 124 Å². The van der Waals surface area contributed by atoms with Gasteiger partial charge >= 0.3 is 0 Å². The lowest BCUT2D eigenvalue weighted by atomic mass is 10.1. The molecule has 1 aromatic heterocycles. The zero-order valence-electron chi connectivity index (χ0n) is 12.6. The quantitative estimate of drug-likeness (QED) is 0.881. The van der Waals surface area contributed by atoms with E-state index in [4.69, 9.17) is 0 Å². The van der Waals surface area contributed by atoms with Gasteiger partial charge in [0.1, 0.15) is 6.04 Å². The highest BCUT2D eigenvalue weighted by Crippen LogP contribution is 2.20. The fraction of sp³-hybridized carbons (Fsp3) is 0.375. The standard InChI is InChI=1S/C16H21N3O2/c1-4-9-17-15(20)11(2)18-16(21)13-10-19(3)14-8-6-5-7-12(13)14/h5-8,10-11H,4,9H2,1-3H3,(H,17,20)(H,18,21)/t11-/m0/s1. The zero-order valence-corrected chi connectivity index (χ0v) is 12.6. The zero-order chi connectivity index (χ0) is 15.4. The lowest BCUT2D eigenvalue weighted by Crippen LogP contribution is -2.44. The number of hydrogen-bond acceptors (Lipinski definition) is 2. The minimum absolute atomic E-state index is 0.162. The van der Waals surface area contributed by atoms with Crippen molar-refractivity contribution in [1.82, 2.24) is 15.2 Å². The second-order valence-corrected chi connectivity index (χ2v) is 5.16. The van der Waals surface area contributed by atoms with Crippen LogP contribution in [-0.4, -0.2) is 29.0 Å². The summed E-state index contributed by atoms with van der Waals surface area (Å²) in [6.07, 6.45) is 2.66. The van der Waals surface area contributed by atoms with E-state index in [0.29, 0.717) is 12.1 Å². The van der Waals surface area contributed by atoms with Crippen molar-refractivity contribution in [3.05, 3.63) is 36.0 Å². The topological polar surface area (TPSA) is 63.1 Å². The van der Waals surface area contributed by atoms with Crippen molar-refractivity contribution in [2.75, 3.05) is 6.54 Å². The molecule has 0 fully saturated rings. The summed E-state index contributed by atoms with van der Waals surface area (Å²) in [4.78, 5) is 24.2. The fourth-order valence-electron chi connectivity index (χ4n) is 2.26. The average Bonchev–Trinajstić information content (AvgIpc) is 2.82. The lowest BCUT2D eigenvalue weighted by molar-refractivity contribution is -0.122. The van der Waals surface area contributed by atoms with Crippen LogP contribution in [0.2, 0.25) is 0 Å². The first-order valence-electron chi connectivity index (χ1n) is 7.17. The molecule has 0 aliphatic carbocycles. The Hall–Kier alpha value is -2.30. The Morgan fingerprint density at radius 3 is 2.71 bits per heavy atom. The van der Waals surface area contributed by atoms with Gasteiger partial charge in [-0.15, -0.1) is 0 Å². The molecule has 0 spiro atoms. The van der Waals surface area contributed by atoms with E-state index in [1.54, 1.807) is 13.1 Å². The van der Waals surface area contributed by atoms with Crippen LogP contribution in [0, 0.1) is 0 Å². The van der Waals surface area contributed by atoms with E-state index >= 15 is 0 Å². The summed E-state index contributed by atoms with van der Waals surface area (Å²) in [5.41, 5.74) is 1.58. The summed E-state index contributed by atoms with van der Waals surface area (Å²) in [6.45, 7) is 4.29. The third kappa shape index (κ3) is 3.24. The van der Waals surface area contributed by atoms with Crippen molar-refractivity contribution in [1.29, 1.82) is 0 Å². The first-order valence-corrected chi connectivity index (χ1v) is 7.17. The van der Waals surface area contributed by atoms with Crippen molar-refractivity contribution in [2.45, 2.75) is 26.3 Å². The van der Waals surface area contributed by atoms with E-state index in [2.05, 4.69) is 10.6 Å². The van der Waals surface area contributed by atoms with Crippen LogP contribution in [0.1, 0.15) is 30.6 Å². The van der Waals surface area contributed by atoms with Crippen LogP contribution in [0.5, 0.6) is 0 Å². The van der Waals surface area contributed by atoms with E-state index in [9.17, 15) is 9.59 Å². The minimum atomic E-state index is -0.553. The lowest BCUT2D eigenvalue weighted by Gasteiger charge is -2.13. The molecule has 1 atom stereocenters. The summed E-state index contributed by atoms with van der Waals surface area (Å²) in [5.74, 6) is -0.392. The first kappa shape index (κ1) is 15.1. The molecule has 2 N–H and O–H groups in total. The molecule has 0 radical (unpaired) electrons. The molecule has 0 saturated carbocycles. The van der Waals surface area contributed by atoms with Crippen molar-refractivity contribution in [2.24, 2.45) is 7.05 Å². The second kappa shape index (κ2) is 6.43. The van der Waals surface area contributed by atoms with Gasteiger partial charge in [0.05, 0.1) is 5.56 Å². The Balaban J connectivity index is 2.14. The van der Waals surface area contributed by atoms with Gasteiger partial charge < -0.3 is 15.2 Å². The summed E-state index contributed by atoms with van der Waals surface area (Å²) < 4.78 is 1.91. The molecule has 0 aliphatic heterocycles. The Bertz CT molecular complexity index is 661. The first-order chi connectivity index (χ1) is 10.0. The molecule has 2 rings (SSSR count). The van der Waals surface area contributed by atoms with Crippen LogP contribution in [-0.2, 0) is 11.8 Å². The predicted molar refractivity (Wildman–Crippen MR) is 83.1 cm³/mol. The van der Waals surface area contributed by atoms with Crippen LogP contribution < -0.4 is 10.6 Å². The second-order valence-electron chi connectivity index (χ2n) is 5.16. The predicted octanol–water partition coefficient (Wildman–Crippen LogP) is 1.82. The molecular weight excluding hydrogens is 266 g/mol. The molecule has 0 unspecified atom stereocenters. The molecule has 0 bridgehead atoms. The van der Waals surface area contributed by atoms with E-state index in [-0.39, 0.29) is 11.8 Å². The number of nitrogens with zero attached hydrogens (tertiary/aromatic N) is 1. The van der Waals surface area contributed by atoms with Gasteiger partial charge in [0.15, 0.2) is 0 Å².